The van der Waals surface area contributed by atoms with Gasteiger partial charge in [0.15, 0.2) is 0 Å². The molecule has 0 fully saturated rings. The normalized spacial score (nSPS) is 12.3. The Morgan fingerprint density at radius 1 is 1.23 bits per heavy atom. The number of nitrogens with one attached hydrogen (secondary N) is 1. The maximum atomic E-state index is 12.4. The molecule has 2 aromatic carbocycles. The van der Waals surface area contributed by atoms with E-state index in [1.165, 1.54) is 7.11 Å². The van der Waals surface area contributed by atoms with Crippen molar-refractivity contribution in [1.29, 1.82) is 0 Å². The van der Waals surface area contributed by atoms with Gasteiger partial charge in [-0.25, -0.2) is 9.78 Å². The number of carbonyl (C=O) groups is 1. The van der Waals surface area contributed by atoms with Crippen LogP contribution in [0.1, 0.15) is 17.4 Å². The molecule has 0 aliphatic heterocycles. The van der Waals surface area contributed by atoms with E-state index in [-0.39, 0.29) is 12.1 Å². The number of H-pyrrole nitrogens is 1. The molecule has 3 aromatic rings. The van der Waals surface area contributed by atoms with Gasteiger partial charge in [-0.2, -0.15) is 0 Å². The Kier molecular flexibility index (Phi) is 5.35. The molecule has 0 bridgehead atoms. The summed E-state index contributed by atoms with van der Waals surface area (Å²) in [4.78, 5) is 33.6. The largest absolute Gasteiger partial charge is 0.468 e. The first-order chi connectivity index (χ1) is 12.5. The average Bonchev–Trinajstić information content (AvgIpc) is 2.63. The number of carbonyl (C=O) groups excluding carboxylic acids is 1. The second-order valence-corrected chi connectivity index (χ2v) is 6.30. The molecule has 6 nitrogen and oxygen atoms in total. The van der Waals surface area contributed by atoms with Crippen molar-refractivity contribution in [3.63, 3.8) is 0 Å². The third-order valence-electron chi connectivity index (χ3n) is 4.13. The zero-order chi connectivity index (χ0) is 18.7. The lowest BCUT2D eigenvalue weighted by Gasteiger charge is -2.26. The summed E-state index contributed by atoms with van der Waals surface area (Å²) in [7, 11) is 3.08. The average molecular weight is 372 g/mol. The van der Waals surface area contributed by atoms with Gasteiger partial charge in [0.05, 0.1) is 24.6 Å². The van der Waals surface area contributed by atoms with Gasteiger partial charge in [-0.3, -0.25) is 9.69 Å². The summed E-state index contributed by atoms with van der Waals surface area (Å²) < 4.78 is 4.94. The third-order valence-corrected chi connectivity index (χ3v) is 4.47. The lowest BCUT2D eigenvalue weighted by molar-refractivity contribution is -0.147. The van der Waals surface area contributed by atoms with Gasteiger partial charge in [0.1, 0.15) is 11.9 Å². The lowest BCUT2D eigenvalue weighted by atomic mass is 10.1. The van der Waals surface area contributed by atoms with Crippen molar-refractivity contribution >= 4 is 28.5 Å². The number of hydrogen-bond acceptors (Lipinski definition) is 5. The van der Waals surface area contributed by atoms with Crippen molar-refractivity contribution in [2.24, 2.45) is 0 Å². The minimum absolute atomic E-state index is 0.216. The van der Waals surface area contributed by atoms with Crippen LogP contribution in [-0.4, -0.2) is 35.0 Å². The highest BCUT2D eigenvalue weighted by Gasteiger charge is 2.28. The molecule has 0 saturated heterocycles. The molecule has 1 atom stereocenters. The van der Waals surface area contributed by atoms with Gasteiger partial charge in [0.2, 0.25) is 0 Å². The number of hydrogen-bond donors (Lipinski definition) is 1. The standard InChI is InChI=1S/C19H18ClN3O3/c1-23(17(19(25)26-2)12-7-3-5-9-14(12)20)11-16-21-15-10-6-4-8-13(15)18(24)22-16/h3-10,17H,11H2,1-2H3,(H,21,22,24). The molecule has 1 heterocycles. The zero-order valence-corrected chi connectivity index (χ0v) is 15.2. The number of fused-ring (bicyclic) bond motifs is 1. The van der Waals surface area contributed by atoms with Crippen LogP contribution in [0.3, 0.4) is 0 Å². The number of esters is 1. The van der Waals surface area contributed by atoms with Gasteiger partial charge in [0.25, 0.3) is 5.56 Å². The maximum Gasteiger partial charge on any atom is 0.327 e. The van der Waals surface area contributed by atoms with Crippen molar-refractivity contribution in [3.05, 3.63) is 75.3 Å². The van der Waals surface area contributed by atoms with Crippen LogP contribution in [0.5, 0.6) is 0 Å². The van der Waals surface area contributed by atoms with E-state index in [2.05, 4.69) is 9.97 Å². The Balaban J connectivity index is 1.96. The lowest BCUT2D eigenvalue weighted by Crippen LogP contribution is -2.32. The quantitative estimate of drug-likeness (QED) is 0.698. The summed E-state index contributed by atoms with van der Waals surface area (Å²) in [6.07, 6.45) is 0. The Bertz CT molecular complexity index is 1000. The van der Waals surface area contributed by atoms with E-state index in [1.54, 1.807) is 54.4 Å². The van der Waals surface area contributed by atoms with Crippen LogP contribution in [0, 0.1) is 0 Å². The molecule has 7 heteroatoms. The van der Waals surface area contributed by atoms with E-state index in [9.17, 15) is 9.59 Å². The van der Waals surface area contributed by atoms with Gasteiger partial charge in [-0.05, 0) is 30.8 Å². The van der Waals surface area contributed by atoms with Crippen LogP contribution in [-0.2, 0) is 16.1 Å². The predicted octanol–water partition coefficient (Wildman–Crippen LogP) is 2.92. The second-order valence-electron chi connectivity index (χ2n) is 5.89. The van der Waals surface area contributed by atoms with E-state index < -0.39 is 12.0 Å². The highest BCUT2D eigenvalue weighted by Crippen LogP contribution is 2.28. The molecule has 1 unspecified atom stereocenters. The minimum Gasteiger partial charge on any atom is -0.468 e. The predicted molar refractivity (Wildman–Crippen MR) is 100 cm³/mol. The fourth-order valence-corrected chi connectivity index (χ4v) is 3.13. The van der Waals surface area contributed by atoms with Crippen molar-refractivity contribution in [2.75, 3.05) is 14.2 Å². The summed E-state index contributed by atoms with van der Waals surface area (Å²) >= 11 is 6.26. The van der Waals surface area contributed by atoms with Gasteiger partial charge >= 0.3 is 5.97 Å². The molecule has 0 saturated carbocycles. The van der Waals surface area contributed by atoms with Crippen LogP contribution in [0.2, 0.25) is 5.02 Å². The van der Waals surface area contributed by atoms with E-state index in [0.29, 0.717) is 27.3 Å². The Morgan fingerprint density at radius 3 is 2.65 bits per heavy atom. The topological polar surface area (TPSA) is 75.3 Å². The van der Waals surface area contributed by atoms with Crippen LogP contribution in [0.15, 0.2) is 53.3 Å². The van der Waals surface area contributed by atoms with E-state index in [1.807, 2.05) is 6.07 Å². The molecule has 0 aliphatic rings. The van der Waals surface area contributed by atoms with Crippen LogP contribution in [0.4, 0.5) is 0 Å². The zero-order valence-electron chi connectivity index (χ0n) is 14.4. The first-order valence-corrected chi connectivity index (χ1v) is 8.39. The van der Waals surface area contributed by atoms with Crippen LogP contribution in [0.25, 0.3) is 10.9 Å². The summed E-state index contributed by atoms with van der Waals surface area (Å²) in [5.41, 5.74) is 1.02. The van der Waals surface area contributed by atoms with Crippen molar-refractivity contribution in [3.8, 4) is 0 Å². The van der Waals surface area contributed by atoms with Crippen LogP contribution >= 0.6 is 11.6 Å². The molecule has 0 amide bonds. The van der Waals surface area contributed by atoms with E-state index in [4.69, 9.17) is 16.3 Å². The fourth-order valence-electron chi connectivity index (χ4n) is 2.89. The van der Waals surface area contributed by atoms with Crippen molar-refractivity contribution in [2.45, 2.75) is 12.6 Å². The number of methoxy groups -OCH3 is 1. The Labute approximate surface area is 155 Å². The van der Waals surface area contributed by atoms with Crippen molar-refractivity contribution in [1.82, 2.24) is 14.9 Å². The number of rotatable bonds is 5. The first kappa shape index (κ1) is 18.1. The number of benzene rings is 2. The first-order valence-electron chi connectivity index (χ1n) is 8.01. The van der Waals surface area contributed by atoms with Gasteiger partial charge < -0.3 is 9.72 Å². The van der Waals surface area contributed by atoms with Gasteiger partial charge in [0, 0.05) is 5.02 Å². The third kappa shape index (κ3) is 3.61. The van der Waals surface area contributed by atoms with Gasteiger partial charge in [-0.1, -0.05) is 41.9 Å². The molecule has 26 heavy (non-hydrogen) atoms. The van der Waals surface area contributed by atoms with Crippen molar-refractivity contribution < 1.29 is 9.53 Å². The van der Waals surface area contributed by atoms with E-state index >= 15 is 0 Å². The smallest absolute Gasteiger partial charge is 0.327 e. The molecule has 0 radical (unpaired) electrons. The molecule has 1 N–H and O–H groups in total. The number of aromatic nitrogens is 2. The SMILES string of the molecule is COC(=O)C(c1ccccc1Cl)N(C)Cc1nc2ccccc2c(=O)[nH]1. The molecule has 134 valence electrons. The summed E-state index contributed by atoms with van der Waals surface area (Å²) in [5.74, 6) is 0.0147. The maximum absolute atomic E-state index is 12.4. The highest BCUT2D eigenvalue weighted by molar-refractivity contribution is 6.31. The monoisotopic (exact) mass is 371 g/mol. The van der Waals surface area contributed by atoms with E-state index in [0.717, 1.165) is 0 Å². The minimum atomic E-state index is -0.717. The van der Waals surface area contributed by atoms with Crippen LogP contribution < -0.4 is 5.56 Å². The molecular formula is C19H18ClN3O3. The number of para-hydroxylation sites is 1. The van der Waals surface area contributed by atoms with Gasteiger partial charge in [-0.15, -0.1) is 0 Å². The molecule has 3 rings (SSSR count). The Morgan fingerprint density at radius 2 is 1.92 bits per heavy atom. The number of halogens is 1. The fraction of sp³-hybridized carbons (Fsp3) is 0.211. The summed E-state index contributed by atoms with van der Waals surface area (Å²) in [5, 5.41) is 0.990. The molecular weight excluding hydrogens is 354 g/mol. The Hall–Kier alpha value is -2.70. The number of ether oxygens (including phenoxy) is 1. The summed E-state index contributed by atoms with van der Waals surface area (Å²) in [6.45, 7) is 0.241. The number of nitrogens with zero attached hydrogens (tertiary/aromatic N) is 2. The highest BCUT2D eigenvalue weighted by atomic mass is 35.5. The molecule has 0 aliphatic carbocycles. The summed E-state index contributed by atoms with van der Waals surface area (Å²) in [6, 6.07) is 13.5. The molecule has 0 spiro atoms. The number of likely N-dealkylation sites (N-methyl/N-ethyl adjacent to an activating group) is 1. The molecule has 1 aromatic heterocycles. The second kappa shape index (κ2) is 7.68. The number of aromatic amines is 1.